The van der Waals surface area contributed by atoms with Gasteiger partial charge in [-0.25, -0.2) is 13.1 Å². The lowest BCUT2D eigenvalue weighted by Crippen LogP contribution is -2.46. The molecule has 1 saturated heterocycles. The molecule has 1 heterocycles. The molecule has 0 spiro atoms. The highest BCUT2D eigenvalue weighted by molar-refractivity contribution is 7.89. The molecule has 6 heteroatoms. The molecule has 1 amide bonds. The van der Waals surface area contributed by atoms with Crippen molar-refractivity contribution in [1.82, 2.24) is 9.62 Å². The minimum atomic E-state index is -3.49. The quantitative estimate of drug-likeness (QED) is 0.826. The van der Waals surface area contributed by atoms with Crippen LogP contribution in [0.2, 0.25) is 0 Å². The van der Waals surface area contributed by atoms with Gasteiger partial charge in [0, 0.05) is 25.6 Å². The van der Waals surface area contributed by atoms with Crippen LogP contribution in [-0.4, -0.2) is 38.4 Å². The minimum Gasteiger partial charge on any atom is -0.343 e. The van der Waals surface area contributed by atoms with E-state index in [1.807, 2.05) is 11.8 Å². The van der Waals surface area contributed by atoms with Gasteiger partial charge in [-0.1, -0.05) is 43.4 Å². The third kappa shape index (κ3) is 5.07. The second-order valence-electron chi connectivity index (χ2n) is 7.78. The largest absolute Gasteiger partial charge is 0.343 e. The Morgan fingerprint density at radius 3 is 2.31 bits per heavy atom. The molecule has 26 heavy (non-hydrogen) atoms. The average molecular weight is 379 g/mol. The number of nitrogens with zero attached hydrogens (tertiary/aromatic N) is 1. The molecule has 2 fully saturated rings. The molecule has 5 nitrogen and oxygen atoms in total. The fourth-order valence-electron chi connectivity index (χ4n) is 4.04. The zero-order valence-electron chi connectivity index (χ0n) is 15.6. The van der Waals surface area contributed by atoms with Crippen LogP contribution in [0.1, 0.15) is 56.9 Å². The summed E-state index contributed by atoms with van der Waals surface area (Å²) in [5, 5.41) is 0. The molecule has 0 bridgehead atoms. The molecule has 2 aliphatic rings. The molecule has 0 atom stereocenters. The van der Waals surface area contributed by atoms with Crippen LogP contribution in [0.3, 0.4) is 0 Å². The first-order valence-electron chi connectivity index (χ1n) is 9.81. The molecule has 1 N–H and O–H groups in total. The SMILES string of the molecule is Cc1ccc(S(=O)(=O)NC2CCN(C(=O)CCC3CCCC3)CC2)cc1. The topological polar surface area (TPSA) is 66.5 Å². The minimum absolute atomic E-state index is 0.0971. The molecule has 3 rings (SSSR count). The maximum absolute atomic E-state index is 12.5. The van der Waals surface area contributed by atoms with Gasteiger partial charge in [-0.3, -0.25) is 4.79 Å². The molecule has 1 aliphatic carbocycles. The van der Waals surface area contributed by atoms with Crippen molar-refractivity contribution >= 4 is 15.9 Å². The Morgan fingerprint density at radius 1 is 1.08 bits per heavy atom. The van der Waals surface area contributed by atoms with Gasteiger partial charge in [0.05, 0.1) is 4.90 Å². The van der Waals surface area contributed by atoms with E-state index >= 15 is 0 Å². The highest BCUT2D eigenvalue weighted by Gasteiger charge is 2.27. The summed E-state index contributed by atoms with van der Waals surface area (Å²) in [6, 6.07) is 6.79. The van der Waals surface area contributed by atoms with E-state index in [0.29, 0.717) is 37.2 Å². The van der Waals surface area contributed by atoms with Gasteiger partial charge in [0.2, 0.25) is 15.9 Å². The zero-order chi connectivity index (χ0) is 18.6. The lowest BCUT2D eigenvalue weighted by Gasteiger charge is -2.32. The van der Waals surface area contributed by atoms with Gasteiger partial charge in [0.15, 0.2) is 0 Å². The number of hydrogen-bond acceptors (Lipinski definition) is 3. The number of hydrogen-bond donors (Lipinski definition) is 1. The number of sulfonamides is 1. The van der Waals surface area contributed by atoms with Gasteiger partial charge in [0.25, 0.3) is 0 Å². The van der Waals surface area contributed by atoms with Crippen LogP contribution in [0, 0.1) is 12.8 Å². The molecule has 0 radical (unpaired) electrons. The second-order valence-corrected chi connectivity index (χ2v) is 9.49. The highest BCUT2D eigenvalue weighted by Crippen LogP contribution is 2.29. The summed E-state index contributed by atoms with van der Waals surface area (Å²) in [5.74, 6) is 0.967. The van der Waals surface area contributed by atoms with Crippen LogP contribution in [0.4, 0.5) is 0 Å². The predicted molar refractivity (Wildman–Crippen MR) is 102 cm³/mol. The van der Waals surface area contributed by atoms with Gasteiger partial charge in [-0.15, -0.1) is 0 Å². The Labute approximate surface area is 157 Å². The molecule has 1 aromatic rings. The van der Waals surface area contributed by atoms with Gasteiger partial charge in [-0.2, -0.15) is 0 Å². The smallest absolute Gasteiger partial charge is 0.240 e. The first-order chi connectivity index (χ1) is 12.4. The van der Waals surface area contributed by atoms with E-state index < -0.39 is 10.0 Å². The summed E-state index contributed by atoms with van der Waals surface area (Å²) in [4.78, 5) is 14.6. The molecular weight excluding hydrogens is 348 g/mol. The van der Waals surface area contributed by atoms with E-state index in [4.69, 9.17) is 0 Å². The Balaban J connectivity index is 1.45. The molecule has 1 saturated carbocycles. The average Bonchev–Trinajstić information content (AvgIpc) is 3.14. The van der Waals surface area contributed by atoms with Crippen LogP contribution in [-0.2, 0) is 14.8 Å². The molecule has 144 valence electrons. The Bertz CT molecular complexity index is 701. The standard InChI is InChI=1S/C20H30N2O3S/c1-16-6-9-19(10-7-16)26(24,25)21-18-12-14-22(15-13-18)20(23)11-8-17-4-2-3-5-17/h6-7,9-10,17-18,21H,2-5,8,11-15H2,1H3. The van der Waals surface area contributed by atoms with Crippen LogP contribution < -0.4 is 4.72 Å². The normalized spacial score (nSPS) is 19.8. The number of likely N-dealkylation sites (tertiary alicyclic amines) is 1. The zero-order valence-corrected chi connectivity index (χ0v) is 16.4. The van der Waals surface area contributed by atoms with E-state index in [1.54, 1.807) is 24.3 Å². The van der Waals surface area contributed by atoms with Gasteiger partial charge in [0.1, 0.15) is 0 Å². The summed E-state index contributed by atoms with van der Waals surface area (Å²) in [7, 11) is -3.49. The van der Waals surface area contributed by atoms with Crippen LogP contribution in [0.25, 0.3) is 0 Å². The third-order valence-electron chi connectivity index (χ3n) is 5.74. The summed E-state index contributed by atoms with van der Waals surface area (Å²) in [5.41, 5.74) is 1.04. The number of piperidine rings is 1. The second kappa shape index (κ2) is 8.53. The van der Waals surface area contributed by atoms with Crippen molar-refractivity contribution in [2.24, 2.45) is 5.92 Å². The fraction of sp³-hybridized carbons (Fsp3) is 0.650. The lowest BCUT2D eigenvalue weighted by atomic mass is 10.0. The Kier molecular flexibility index (Phi) is 6.35. The van der Waals surface area contributed by atoms with Crippen LogP contribution in [0.15, 0.2) is 29.2 Å². The molecule has 0 aromatic heterocycles. The Hall–Kier alpha value is -1.40. The monoisotopic (exact) mass is 378 g/mol. The number of amides is 1. The van der Waals surface area contributed by atoms with Crippen molar-refractivity contribution in [1.29, 1.82) is 0 Å². The van der Waals surface area contributed by atoms with Crippen molar-refractivity contribution in [2.45, 2.75) is 69.2 Å². The number of nitrogens with one attached hydrogen (secondary N) is 1. The molecule has 1 aliphatic heterocycles. The van der Waals surface area contributed by atoms with Crippen molar-refractivity contribution in [3.8, 4) is 0 Å². The van der Waals surface area contributed by atoms with E-state index in [2.05, 4.69) is 4.72 Å². The molecule has 1 aromatic carbocycles. The van der Waals surface area contributed by atoms with Crippen molar-refractivity contribution in [2.75, 3.05) is 13.1 Å². The van der Waals surface area contributed by atoms with E-state index in [-0.39, 0.29) is 11.9 Å². The maximum Gasteiger partial charge on any atom is 0.240 e. The number of rotatable bonds is 6. The third-order valence-corrected chi connectivity index (χ3v) is 7.28. The predicted octanol–water partition coefficient (Wildman–Crippen LogP) is 3.23. The van der Waals surface area contributed by atoms with Crippen LogP contribution in [0.5, 0.6) is 0 Å². The highest BCUT2D eigenvalue weighted by atomic mass is 32.2. The van der Waals surface area contributed by atoms with Gasteiger partial charge >= 0.3 is 0 Å². The molecular formula is C20H30N2O3S. The summed E-state index contributed by atoms with van der Waals surface area (Å²) < 4.78 is 27.8. The van der Waals surface area contributed by atoms with E-state index in [0.717, 1.165) is 17.9 Å². The van der Waals surface area contributed by atoms with Crippen molar-refractivity contribution in [3.05, 3.63) is 29.8 Å². The molecule has 0 unspecified atom stereocenters. The first-order valence-corrected chi connectivity index (χ1v) is 11.3. The Morgan fingerprint density at radius 2 is 1.69 bits per heavy atom. The first kappa shape index (κ1) is 19.4. The number of carbonyl (C=O) groups is 1. The number of aryl methyl sites for hydroxylation is 1. The number of benzene rings is 1. The summed E-state index contributed by atoms with van der Waals surface area (Å²) in [6.07, 6.45) is 8.19. The van der Waals surface area contributed by atoms with E-state index in [9.17, 15) is 13.2 Å². The fourth-order valence-corrected chi connectivity index (χ4v) is 5.34. The van der Waals surface area contributed by atoms with Gasteiger partial charge < -0.3 is 4.90 Å². The van der Waals surface area contributed by atoms with Crippen molar-refractivity contribution in [3.63, 3.8) is 0 Å². The van der Waals surface area contributed by atoms with Gasteiger partial charge in [-0.05, 0) is 44.2 Å². The summed E-state index contributed by atoms with van der Waals surface area (Å²) in [6.45, 7) is 3.22. The maximum atomic E-state index is 12.5. The van der Waals surface area contributed by atoms with E-state index in [1.165, 1.54) is 25.7 Å². The van der Waals surface area contributed by atoms with Crippen molar-refractivity contribution < 1.29 is 13.2 Å². The lowest BCUT2D eigenvalue weighted by molar-refractivity contribution is -0.132. The van der Waals surface area contributed by atoms with Crippen LogP contribution >= 0.6 is 0 Å². The summed E-state index contributed by atoms with van der Waals surface area (Å²) >= 11 is 0. The number of carbonyl (C=O) groups excluding carboxylic acids is 1.